The monoisotopic (exact) mass is 443 g/mol. The second-order valence-corrected chi connectivity index (χ2v) is 9.49. The van der Waals surface area contributed by atoms with E-state index in [0.717, 1.165) is 0 Å². The first-order valence-electron chi connectivity index (χ1n) is 9.17. The van der Waals surface area contributed by atoms with Gasteiger partial charge in [-0.15, -0.1) is 6.42 Å². The fourth-order valence-corrected chi connectivity index (χ4v) is 5.50. The maximum Gasteiger partial charge on any atom is 0.409 e. The maximum atomic E-state index is 13.8. The lowest BCUT2D eigenvalue weighted by Crippen LogP contribution is -2.53. The van der Waals surface area contributed by atoms with Gasteiger partial charge in [0, 0.05) is 6.04 Å². The highest BCUT2D eigenvalue weighted by Crippen LogP contribution is 2.37. The van der Waals surface area contributed by atoms with Gasteiger partial charge in [0.1, 0.15) is 6.04 Å². The topological polar surface area (TPSA) is 86.8 Å². The lowest BCUT2D eigenvalue weighted by molar-refractivity contribution is -0.158. The molecule has 2 heterocycles. The van der Waals surface area contributed by atoms with Crippen molar-refractivity contribution in [3.05, 3.63) is 24.3 Å². The van der Waals surface area contributed by atoms with Gasteiger partial charge in [-0.2, -0.15) is 13.2 Å². The van der Waals surface area contributed by atoms with Gasteiger partial charge in [-0.3, -0.25) is 19.4 Å². The van der Waals surface area contributed by atoms with Crippen molar-refractivity contribution in [2.75, 3.05) is 34.8 Å². The number of nitrogens with zero attached hydrogens (tertiary/aromatic N) is 2. The molecule has 1 saturated heterocycles. The summed E-state index contributed by atoms with van der Waals surface area (Å²) in [7, 11) is -3.29. The smallest absolute Gasteiger partial charge is 0.324 e. The summed E-state index contributed by atoms with van der Waals surface area (Å²) < 4.78 is 65.0. The van der Waals surface area contributed by atoms with Crippen molar-refractivity contribution in [1.82, 2.24) is 4.90 Å². The minimum atomic E-state index is -4.85. The molecule has 2 unspecified atom stereocenters. The molecule has 0 radical (unpaired) electrons. The van der Waals surface area contributed by atoms with E-state index in [1.807, 2.05) is 0 Å². The Morgan fingerprint density at radius 3 is 2.63 bits per heavy atom. The summed E-state index contributed by atoms with van der Waals surface area (Å²) in [5, 5.41) is 2.40. The van der Waals surface area contributed by atoms with E-state index in [1.54, 1.807) is 0 Å². The molecule has 7 nitrogen and oxygen atoms in total. The lowest BCUT2D eigenvalue weighted by Gasteiger charge is -2.34. The van der Waals surface area contributed by atoms with E-state index in [-0.39, 0.29) is 35.8 Å². The van der Waals surface area contributed by atoms with Crippen molar-refractivity contribution in [3.8, 4) is 12.3 Å². The van der Waals surface area contributed by atoms with Gasteiger partial charge >= 0.3 is 6.18 Å². The first-order chi connectivity index (χ1) is 14.0. The highest BCUT2D eigenvalue weighted by atomic mass is 32.2. The fourth-order valence-electron chi connectivity index (χ4n) is 3.74. The van der Waals surface area contributed by atoms with Crippen LogP contribution in [-0.4, -0.2) is 68.0 Å². The second-order valence-electron chi connectivity index (χ2n) is 7.26. The van der Waals surface area contributed by atoms with Gasteiger partial charge in [-0.25, -0.2) is 8.42 Å². The maximum absolute atomic E-state index is 13.8. The average molecular weight is 443 g/mol. The summed E-state index contributed by atoms with van der Waals surface area (Å²) in [6, 6.07) is 2.82. The molecule has 3 rings (SSSR count). The van der Waals surface area contributed by atoms with Gasteiger partial charge in [0.25, 0.3) is 0 Å². The SMILES string of the molecule is C#CCN(CC(=O)N1c2ccccc2NC(=O)CC1C(F)(F)F)C1CCS(=O)(=O)C1. The minimum Gasteiger partial charge on any atom is -0.324 e. The molecule has 2 aliphatic heterocycles. The van der Waals surface area contributed by atoms with Gasteiger partial charge in [0.05, 0.1) is 42.4 Å². The van der Waals surface area contributed by atoms with Crippen LogP contribution in [0, 0.1) is 12.3 Å². The van der Waals surface area contributed by atoms with E-state index in [0.29, 0.717) is 4.90 Å². The van der Waals surface area contributed by atoms with Gasteiger partial charge in [0.15, 0.2) is 9.84 Å². The Morgan fingerprint density at radius 1 is 1.33 bits per heavy atom. The van der Waals surface area contributed by atoms with Crippen LogP contribution in [-0.2, 0) is 19.4 Å². The third-order valence-electron chi connectivity index (χ3n) is 5.13. The molecule has 1 aromatic rings. The number of para-hydroxylation sites is 2. The number of hydrogen-bond acceptors (Lipinski definition) is 5. The molecule has 0 saturated carbocycles. The van der Waals surface area contributed by atoms with E-state index in [9.17, 15) is 31.2 Å². The number of alkyl halides is 3. The number of rotatable bonds is 4. The van der Waals surface area contributed by atoms with Crippen molar-refractivity contribution < 1.29 is 31.2 Å². The first-order valence-corrected chi connectivity index (χ1v) is 11.0. The minimum absolute atomic E-state index is 0.0664. The molecule has 2 amide bonds. The fraction of sp³-hybridized carbons (Fsp3) is 0.474. The molecular weight excluding hydrogens is 423 g/mol. The Bertz CT molecular complexity index is 987. The summed E-state index contributed by atoms with van der Waals surface area (Å²) >= 11 is 0. The lowest BCUT2D eigenvalue weighted by atomic mass is 10.1. The predicted octanol–water partition coefficient (Wildman–Crippen LogP) is 1.42. The quantitative estimate of drug-likeness (QED) is 0.712. The van der Waals surface area contributed by atoms with Gasteiger partial charge in [-0.1, -0.05) is 18.1 Å². The van der Waals surface area contributed by atoms with Crippen LogP contribution < -0.4 is 10.2 Å². The number of anilines is 2. The van der Waals surface area contributed by atoms with Gasteiger partial charge in [-0.05, 0) is 18.6 Å². The standard InChI is InChI=1S/C19H20F3N3O4S/c1-2-8-24(13-7-9-30(28,29)12-13)11-18(27)25-15-6-4-3-5-14(15)23-17(26)10-16(25)19(20,21)22/h1,3-6,13,16H,7-12H2,(H,23,26). The summed E-state index contributed by atoms with van der Waals surface area (Å²) in [4.78, 5) is 27.1. The molecule has 0 aromatic heterocycles. The summed E-state index contributed by atoms with van der Waals surface area (Å²) in [5.41, 5.74) is 0.0184. The van der Waals surface area contributed by atoms with E-state index in [1.165, 1.54) is 29.2 Å². The number of hydrogen-bond donors (Lipinski definition) is 1. The Morgan fingerprint density at radius 2 is 2.03 bits per heavy atom. The summed E-state index contributed by atoms with van der Waals surface area (Å²) in [6.07, 6.45) is -0.216. The average Bonchev–Trinajstić information content (AvgIpc) is 2.92. The Hall–Kier alpha value is -2.58. The first kappa shape index (κ1) is 22.1. The molecule has 1 fully saturated rings. The zero-order chi connectivity index (χ0) is 22.1. The van der Waals surface area contributed by atoms with Crippen molar-refractivity contribution in [3.63, 3.8) is 0 Å². The number of terminal acetylenes is 1. The molecule has 0 bridgehead atoms. The molecular formula is C19H20F3N3O4S. The van der Waals surface area contributed by atoms with E-state index in [2.05, 4.69) is 11.2 Å². The Kier molecular flexibility index (Phi) is 6.10. The zero-order valence-electron chi connectivity index (χ0n) is 15.9. The molecule has 30 heavy (non-hydrogen) atoms. The summed E-state index contributed by atoms with van der Waals surface area (Å²) in [5.74, 6) is 0.284. The molecule has 0 spiro atoms. The zero-order valence-corrected chi connectivity index (χ0v) is 16.7. The van der Waals surface area contributed by atoms with E-state index >= 15 is 0 Å². The van der Waals surface area contributed by atoms with Gasteiger partial charge in [0.2, 0.25) is 11.8 Å². The number of nitrogens with one attached hydrogen (secondary N) is 1. The number of carbonyl (C=O) groups excluding carboxylic acids is 2. The van der Waals surface area contributed by atoms with Crippen molar-refractivity contribution in [2.24, 2.45) is 0 Å². The highest BCUT2D eigenvalue weighted by Gasteiger charge is 2.49. The molecule has 11 heteroatoms. The normalized spacial score (nSPS) is 23.4. The van der Waals surface area contributed by atoms with Crippen LogP contribution in [0.3, 0.4) is 0 Å². The van der Waals surface area contributed by atoms with Crippen LogP contribution in [0.5, 0.6) is 0 Å². The van der Waals surface area contributed by atoms with Crippen LogP contribution in [0.4, 0.5) is 24.5 Å². The van der Waals surface area contributed by atoms with Crippen molar-refractivity contribution in [1.29, 1.82) is 0 Å². The third-order valence-corrected chi connectivity index (χ3v) is 6.88. The predicted molar refractivity (Wildman–Crippen MR) is 104 cm³/mol. The number of benzene rings is 1. The number of carbonyl (C=O) groups is 2. The third kappa shape index (κ3) is 4.76. The molecule has 2 aliphatic rings. The molecule has 1 N–H and O–H groups in total. The Labute approximate surface area is 172 Å². The Balaban J connectivity index is 1.96. The number of sulfone groups is 1. The van der Waals surface area contributed by atoms with Crippen LogP contribution >= 0.6 is 0 Å². The van der Waals surface area contributed by atoms with Crippen LogP contribution in [0.1, 0.15) is 12.8 Å². The van der Waals surface area contributed by atoms with Crippen LogP contribution in [0.25, 0.3) is 0 Å². The van der Waals surface area contributed by atoms with Crippen LogP contribution in [0.15, 0.2) is 24.3 Å². The van der Waals surface area contributed by atoms with Gasteiger partial charge < -0.3 is 5.32 Å². The number of amides is 2. The van der Waals surface area contributed by atoms with E-state index in [4.69, 9.17) is 6.42 Å². The molecule has 162 valence electrons. The van der Waals surface area contributed by atoms with Crippen molar-refractivity contribution in [2.45, 2.75) is 31.1 Å². The van der Waals surface area contributed by atoms with Crippen LogP contribution in [0.2, 0.25) is 0 Å². The summed E-state index contributed by atoms with van der Waals surface area (Å²) in [6.45, 7) is -0.589. The molecule has 2 atom stereocenters. The molecule has 1 aromatic carbocycles. The van der Waals surface area contributed by atoms with E-state index < -0.39 is 52.9 Å². The van der Waals surface area contributed by atoms with Crippen molar-refractivity contribution >= 4 is 33.0 Å². The number of fused-ring (bicyclic) bond motifs is 1. The highest BCUT2D eigenvalue weighted by molar-refractivity contribution is 7.91. The molecule has 0 aliphatic carbocycles. The second kappa shape index (κ2) is 8.28. The number of halogens is 3. The largest absolute Gasteiger partial charge is 0.409 e.